The summed E-state index contributed by atoms with van der Waals surface area (Å²) in [5.41, 5.74) is -2.69. The predicted octanol–water partition coefficient (Wildman–Crippen LogP) is 3.73. The average Bonchev–Trinajstić information content (AvgIpc) is 2.83. The van der Waals surface area contributed by atoms with Gasteiger partial charge in [0.1, 0.15) is 23.0 Å². The van der Waals surface area contributed by atoms with Crippen LogP contribution in [0.25, 0.3) is 0 Å². The number of carbonyl (C=O) groups is 2. The third kappa shape index (κ3) is 5.34. The van der Waals surface area contributed by atoms with E-state index in [9.17, 15) is 31.5 Å². The smallest absolute Gasteiger partial charge is 0.339 e. The second-order valence-electron chi connectivity index (χ2n) is 7.60. The zero-order chi connectivity index (χ0) is 25.2. The second-order valence-corrected chi connectivity index (χ2v) is 7.60. The van der Waals surface area contributed by atoms with Crippen molar-refractivity contribution in [1.29, 1.82) is 0 Å². The number of hydrogen-bond acceptors (Lipinski definition) is 6. The molecule has 0 unspecified atom stereocenters. The summed E-state index contributed by atoms with van der Waals surface area (Å²) in [5.74, 6) is -4.16. The third-order valence-electron chi connectivity index (χ3n) is 5.20. The Kier molecular flexibility index (Phi) is 6.58. The molecule has 2 amide bonds. The molecule has 182 valence electrons. The second kappa shape index (κ2) is 9.60. The number of halogens is 5. The van der Waals surface area contributed by atoms with Gasteiger partial charge in [0.05, 0.1) is 17.8 Å². The van der Waals surface area contributed by atoms with E-state index in [-0.39, 0.29) is 30.7 Å². The molecular weight excluding hydrogens is 475 g/mol. The van der Waals surface area contributed by atoms with Crippen LogP contribution in [0.2, 0.25) is 0 Å². The lowest BCUT2D eigenvalue weighted by Gasteiger charge is -2.36. The standard InChI is InChI=1S/C22H17F5N6O2/c23-14-9-15(19(16(24)10-14)22(25,26)27)21(35)33-8-2-7-32(12-33)18-5-4-13(11-28-18)20(34)30-17-3-1-6-29-31-17/h1,3-6,9-11H,2,7-8,12H2,(H,30,31,34). The molecule has 1 fully saturated rings. The highest BCUT2D eigenvalue weighted by molar-refractivity contribution is 6.03. The number of alkyl halides is 3. The Labute approximate surface area is 195 Å². The van der Waals surface area contributed by atoms with Gasteiger partial charge in [-0.15, -0.1) is 5.10 Å². The lowest BCUT2D eigenvalue weighted by molar-refractivity contribution is -0.140. The van der Waals surface area contributed by atoms with Crippen LogP contribution in [0.5, 0.6) is 0 Å². The number of pyridine rings is 1. The molecule has 4 rings (SSSR count). The van der Waals surface area contributed by atoms with Crippen molar-refractivity contribution in [3.63, 3.8) is 0 Å². The summed E-state index contributed by atoms with van der Waals surface area (Å²) in [6.07, 6.45) is -2.05. The van der Waals surface area contributed by atoms with Crippen LogP contribution in [0.4, 0.5) is 33.6 Å². The summed E-state index contributed by atoms with van der Waals surface area (Å²) in [5, 5.41) is 9.96. The first-order valence-electron chi connectivity index (χ1n) is 10.3. The Bertz CT molecular complexity index is 1240. The topological polar surface area (TPSA) is 91.3 Å². The van der Waals surface area contributed by atoms with Crippen molar-refractivity contribution in [2.24, 2.45) is 0 Å². The number of rotatable bonds is 4. The van der Waals surface area contributed by atoms with Crippen LogP contribution in [0.1, 0.15) is 32.7 Å². The fourth-order valence-corrected chi connectivity index (χ4v) is 3.62. The zero-order valence-corrected chi connectivity index (χ0v) is 17.9. The summed E-state index contributed by atoms with van der Waals surface area (Å²) in [6, 6.07) is 6.63. The maximum atomic E-state index is 13.9. The van der Waals surface area contributed by atoms with E-state index in [1.807, 2.05) is 0 Å². The van der Waals surface area contributed by atoms with E-state index in [1.165, 1.54) is 24.5 Å². The minimum atomic E-state index is -5.18. The van der Waals surface area contributed by atoms with Crippen LogP contribution in [-0.4, -0.2) is 51.7 Å². The number of nitrogens with one attached hydrogen (secondary N) is 1. The molecule has 2 aromatic heterocycles. The van der Waals surface area contributed by atoms with Crippen molar-refractivity contribution in [3.8, 4) is 0 Å². The van der Waals surface area contributed by atoms with Gasteiger partial charge in [0.15, 0.2) is 5.82 Å². The maximum absolute atomic E-state index is 13.9. The number of anilines is 2. The molecule has 1 N–H and O–H groups in total. The molecule has 0 radical (unpaired) electrons. The highest BCUT2D eigenvalue weighted by Gasteiger charge is 2.40. The fraction of sp³-hybridized carbons (Fsp3) is 0.227. The van der Waals surface area contributed by atoms with Crippen molar-refractivity contribution in [3.05, 3.63) is 77.1 Å². The van der Waals surface area contributed by atoms with Crippen molar-refractivity contribution in [2.45, 2.75) is 12.6 Å². The summed E-state index contributed by atoms with van der Waals surface area (Å²) >= 11 is 0. The lowest BCUT2D eigenvalue weighted by Crippen LogP contribution is -2.48. The van der Waals surface area contributed by atoms with Crippen molar-refractivity contribution in [2.75, 3.05) is 30.0 Å². The largest absolute Gasteiger partial charge is 0.420 e. The third-order valence-corrected chi connectivity index (χ3v) is 5.20. The van der Waals surface area contributed by atoms with Crippen molar-refractivity contribution in [1.82, 2.24) is 20.1 Å². The van der Waals surface area contributed by atoms with Crippen LogP contribution < -0.4 is 10.2 Å². The maximum Gasteiger partial charge on any atom is 0.420 e. The quantitative estimate of drug-likeness (QED) is 0.559. The monoisotopic (exact) mass is 492 g/mol. The molecule has 1 aromatic carbocycles. The number of nitrogens with zero attached hydrogens (tertiary/aromatic N) is 5. The summed E-state index contributed by atoms with van der Waals surface area (Å²) in [4.78, 5) is 32.0. The van der Waals surface area contributed by atoms with Crippen molar-refractivity contribution < 1.29 is 31.5 Å². The molecule has 35 heavy (non-hydrogen) atoms. The van der Waals surface area contributed by atoms with Gasteiger partial charge in [-0.1, -0.05) is 0 Å². The van der Waals surface area contributed by atoms with Gasteiger partial charge in [-0.25, -0.2) is 13.8 Å². The SMILES string of the molecule is O=C(Nc1cccnn1)c1ccc(N2CCCN(C(=O)c3cc(F)cc(F)c3C(F)(F)F)C2)nc1. The van der Waals surface area contributed by atoms with E-state index in [2.05, 4.69) is 20.5 Å². The van der Waals surface area contributed by atoms with Crippen LogP contribution in [0.15, 0.2) is 48.8 Å². The van der Waals surface area contributed by atoms with Gasteiger partial charge in [0, 0.05) is 31.5 Å². The molecule has 13 heteroatoms. The number of amides is 2. The molecule has 0 aliphatic carbocycles. The van der Waals surface area contributed by atoms with Gasteiger partial charge in [0.25, 0.3) is 11.8 Å². The van der Waals surface area contributed by atoms with Crippen LogP contribution in [0, 0.1) is 11.6 Å². The Morgan fingerprint density at radius 2 is 1.86 bits per heavy atom. The van der Waals surface area contributed by atoms with E-state index >= 15 is 0 Å². The normalized spacial score (nSPS) is 14.1. The minimum Gasteiger partial charge on any atom is -0.339 e. The van der Waals surface area contributed by atoms with E-state index < -0.39 is 40.8 Å². The molecule has 1 aliphatic heterocycles. The lowest BCUT2D eigenvalue weighted by atomic mass is 10.0. The zero-order valence-electron chi connectivity index (χ0n) is 17.9. The van der Waals surface area contributed by atoms with Gasteiger partial charge in [-0.3, -0.25) is 9.59 Å². The average molecular weight is 492 g/mol. The van der Waals surface area contributed by atoms with Crippen LogP contribution in [0.3, 0.4) is 0 Å². The highest BCUT2D eigenvalue weighted by atomic mass is 19.4. The minimum absolute atomic E-state index is 0.0867. The van der Waals surface area contributed by atoms with E-state index in [4.69, 9.17) is 0 Å². The summed E-state index contributed by atoms with van der Waals surface area (Å²) in [7, 11) is 0. The number of hydrogen-bond donors (Lipinski definition) is 1. The van der Waals surface area contributed by atoms with Gasteiger partial charge >= 0.3 is 6.18 Å². The van der Waals surface area contributed by atoms with Crippen LogP contribution in [-0.2, 0) is 6.18 Å². The fourth-order valence-electron chi connectivity index (χ4n) is 3.62. The molecule has 0 saturated carbocycles. The van der Waals surface area contributed by atoms with Crippen molar-refractivity contribution >= 4 is 23.5 Å². The molecule has 0 spiro atoms. The number of carbonyl (C=O) groups excluding carboxylic acids is 2. The summed E-state index contributed by atoms with van der Waals surface area (Å²) < 4.78 is 67.7. The first kappa shape index (κ1) is 24.0. The van der Waals surface area contributed by atoms with E-state index in [0.29, 0.717) is 24.8 Å². The molecule has 0 atom stereocenters. The Balaban J connectivity index is 1.50. The first-order chi connectivity index (χ1) is 16.6. The molecular formula is C22H17F5N6O2. The van der Waals surface area contributed by atoms with Crippen LogP contribution >= 0.6 is 0 Å². The summed E-state index contributed by atoms with van der Waals surface area (Å²) in [6.45, 7) is 0.349. The predicted molar refractivity (Wildman–Crippen MR) is 113 cm³/mol. The van der Waals surface area contributed by atoms with E-state index in [0.717, 1.165) is 4.90 Å². The molecule has 1 aliphatic rings. The Morgan fingerprint density at radius 3 is 2.51 bits per heavy atom. The molecule has 3 aromatic rings. The van der Waals surface area contributed by atoms with Gasteiger partial charge in [-0.2, -0.15) is 18.3 Å². The Hall–Kier alpha value is -4.16. The number of benzene rings is 1. The molecule has 0 bridgehead atoms. The van der Waals surface area contributed by atoms with E-state index in [1.54, 1.807) is 17.0 Å². The first-order valence-corrected chi connectivity index (χ1v) is 10.3. The van der Waals surface area contributed by atoms with Gasteiger partial charge < -0.3 is 15.1 Å². The molecule has 1 saturated heterocycles. The van der Waals surface area contributed by atoms with Gasteiger partial charge in [-0.05, 0) is 36.8 Å². The Morgan fingerprint density at radius 1 is 1.06 bits per heavy atom. The number of aromatic nitrogens is 3. The molecule has 8 nitrogen and oxygen atoms in total. The van der Waals surface area contributed by atoms with Gasteiger partial charge in [0.2, 0.25) is 0 Å². The molecule has 3 heterocycles. The highest BCUT2D eigenvalue weighted by Crippen LogP contribution is 2.35.